The summed E-state index contributed by atoms with van der Waals surface area (Å²) in [7, 11) is 0. The van der Waals surface area contributed by atoms with Crippen LogP contribution in [-0.4, -0.2) is 26.5 Å². The molecule has 0 saturated carbocycles. The summed E-state index contributed by atoms with van der Waals surface area (Å²) in [5, 5.41) is 12.7. The van der Waals surface area contributed by atoms with Crippen molar-refractivity contribution in [3.05, 3.63) is 106 Å². The Bertz CT molecular complexity index is 1490. The highest BCUT2D eigenvalue weighted by Crippen LogP contribution is 2.28. The van der Waals surface area contributed by atoms with Gasteiger partial charge in [-0.25, -0.2) is 4.98 Å². The number of hydrogen-bond donors (Lipinski definition) is 2. The van der Waals surface area contributed by atoms with Crippen LogP contribution in [0, 0.1) is 0 Å². The number of rotatable bonds is 5. The fourth-order valence-electron chi connectivity index (χ4n) is 4.25. The van der Waals surface area contributed by atoms with E-state index in [1.165, 1.54) is 0 Å². The molecule has 7 nitrogen and oxygen atoms in total. The van der Waals surface area contributed by atoms with E-state index in [4.69, 9.17) is 4.98 Å². The first-order chi connectivity index (χ1) is 16.5. The van der Waals surface area contributed by atoms with Gasteiger partial charge in [-0.15, -0.1) is 0 Å². The highest BCUT2D eigenvalue weighted by atomic mass is 16.4. The van der Waals surface area contributed by atoms with Crippen LogP contribution in [0.1, 0.15) is 29.3 Å². The van der Waals surface area contributed by atoms with Gasteiger partial charge >= 0.3 is 5.97 Å². The van der Waals surface area contributed by atoms with E-state index in [-0.39, 0.29) is 5.56 Å². The first kappa shape index (κ1) is 21.3. The van der Waals surface area contributed by atoms with Gasteiger partial charge in [-0.05, 0) is 47.4 Å². The van der Waals surface area contributed by atoms with Crippen LogP contribution in [0.3, 0.4) is 0 Å². The monoisotopic (exact) mass is 451 g/mol. The number of carboxylic acids is 1. The Balaban J connectivity index is 1.50. The van der Waals surface area contributed by atoms with Crippen LogP contribution < -0.4 is 10.9 Å². The topological polar surface area (TPSA) is 101 Å². The fraction of sp³-hybridized carbons (Fsp3) is 0.111. The summed E-state index contributed by atoms with van der Waals surface area (Å²) in [5.74, 6) is -2.65. The number of fused-ring (bicyclic) bond motifs is 2. The van der Waals surface area contributed by atoms with Gasteiger partial charge in [-0.1, -0.05) is 60.7 Å². The van der Waals surface area contributed by atoms with E-state index in [1.54, 1.807) is 53.1 Å². The molecule has 7 heteroatoms. The molecule has 0 saturated heterocycles. The third-order valence-corrected chi connectivity index (χ3v) is 5.90. The largest absolute Gasteiger partial charge is 0.480 e. The quantitative estimate of drug-likeness (QED) is 0.444. The van der Waals surface area contributed by atoms with E-state index in [2.05, 4.69) is 5.32 Å². The van der Waals surface area contributed by atoms with Gasteiger partial charge in [0.2, 0.25) is 5.91 Å². The van der Waals surface area contributed by atoms with Crippen LogP contribution in [0.2, 0.25) is 0 Å². The highest BCUT2D eigenvalue weighted by Gasteiger charge is 2.28. The van der Waals surface area contributed by atoms with Crippen molar-refractivity contribution in [1.29, 1.82) is 0 Å². The number of carbonyl (C=O) groups is 2. The number of carboxylic acid groups (broad SMARTS) is 1. The smallest absolute Gasteiger partial charge is 0.320 e. The van der Waals surface area contributed by atoms with Gasteiger partial charge in [0.1, 0.15) is 5.82 Å². The summed E-state index contributed by atoms with van der Waals surface area (Å²) in [6, 6.07) is 23.0. The second-order valence-electron chi connectivity index (χ2n) is 8.13. The minimum Gasteiger partial charge on any atom is -0.480 e. The number of carbonyl (C=O) groups excluding carboxylic acids is 1. The summed E-state index contributed by atoms with van der Waals surface area (Å²) in [6.45, 7) is 0.561. The second-order valence-corrected chi connectivity index (χ2v) is 8.13. The molecule has 1 aliphatic heterocycles. The fourth-order valence-corrected chi connectivity index (χ4v) is 4.25. The minimum absolute atomic E-state index is 0.137. The number of nitrogens with zero attached hydrogens (tertiary/aromatic N) is 2. The molecule has 5 rings (SSSR count). The average molecular weight is 451 g/mol. The molecule has 0 fully saturated rings. The summed E-state index contributed by atoms with van der Waals surface area (Å²) < 4.78 is 1.67. The van der Waals surface area contributed by atoms with E-state index in [9.17, 15) is 19.5 Å². The molecule has 0 bridgehead atoms. The zero-order chi connectivity index (χ0) is 23.7. The zero-order valence-electron chi connectivity index (χ0n) is 18.1. The predicted molar refractivity (Wildman–Crippen MR) is 130 cm³/mol. The summed E-state index contributed by atoms with van der Waals surface area (Å²) in [6.07, 6.45) is 2.73. The number of allylic oxidation sites excluding steroid dienone is 1. The Kier molecular flexibility index (Phi) is 5.51. The Morgan fingerprint density at radius 3 is 2.41 bits per heavy atom. The molecule has 0 aliphatic carbocycles. The van der Waals surface area contributed by atoms with E-state index < -0.39 is 17.8 Å². The molecule has 2 N–H and O–H groups in total. The third-order valence-electron chi connectivity index (χ3n) is 5.90. The minimum atomic E-state index is -1.35. The van der Waals surface area contributed by atoms with Crippen molar-refractivity contribution < 1.29 is 14.7 Å². The molecule has 34 heavy (non-hydrogen) atoms. The summed E-state index contributed by atoms with van der Waals surface area (Å²) in [4.78, 5) is 42.4. The SMILES string of the molecule is O=C(O)C(C(=O)Nc1ccc2c(=O)n3c(nc2c1)/C(=C/c1ccccc1)CC3)c1ccccc1. The number of benzene rings is 3. The van der Waals surface area contributed by atoms with Crippen LogP contribution >= 0.6 is 0 Å². The molecule has 3 aromatic carbocycles. The van der Waals surface area contributed by atoms with E-state index in [0.29, 0.717) is 40.9 Å². The maximum atomic E-state index is 13.1. The Labute approximate surface area is 195 Å². The molecule has 2 heterocycles. The summed E-state index contributed by atoms with van der Waals surface area (Å²) >= 11 is 0. The van der Waals surface area contributed by atoms with E-state index in [1.807, 2.05) is 36.4 Å². The van der Waals surface area contributed by atoms with Crippen molar-refractivity contribution in [2.24, 2.45) is 0 Å². The molecule has 1 aromatic heterocycles. The van der Waals surface area contributed by atoms with Gasteiger partial charge in [0.15, 0.2) is 5.92 Å². The number of amides is 1. The molecule has 1 aliphatic rings. The number of aliphatic carboxylic acids is 1. The van der Waals surface area contributed by atoms with Gasteiger partial charge < -0.3 is 10.4 Å². The molecule has 0 spiro atoms. The van der Waals surface area contributed by atoms with Crippen molar-refractivity contribution >= 4 is 40.1 Å². The first-order valence-electron chi connectivity index (χ1n) is 10.9. The zero-order valence-corrected chi connectivity index (χ0v) is 18.1. The predicted octanol–water partition coefficient (Wildman–Crippen LogP) is 4.15. The summed E-state index contributed by atoms with van der Waals surface area (Å²) in [5.41, 5.74) is 3.07. The average Bonchev–Trinajstić information content (AvgIpc) is 3.23. The van der Waals surface area contributed by atoms with Crippen LogP contribution in [-0.2, 0) is 16.1 Å². The number of anilines is 1. The van der Waals surface area contributed by atoms with E-state index >= 15 is 0 Å². The third kappa shape index (κ3) is 3.99. The molecule has 1 unspecified atom stereocenters. The van der Waals surface area contributed by atoms with Crippen LogP contribution in [0.15, 0.2) is 83.7 Å². The second kappa shape index (κ2) is 8.78. The molecule has 0 radical (unpaired) electrons. The van der Waals surface area contributed by atoms with Crippen molar-refractivity contribution in [2.45, 2.75) is 18.9 Å². The molecule has 168 valence electrons. The van der Waals surface area contributed by atoms with Crippen molar-refractivity contribution in [3.8, 4) is 0 Å². The van der Waals surface area contributed by atoms with E-state index in [0.717, 1.165) is 11.1 Å². The lowest BCUT2D eigenvalue weighted by Gasteiger charge is -2.14. The maximum absolute atomic E-state index is 13.1. The lowest BCUT2D eigenvalue weighted by Crippen LogP contribution is -2.27. The normalized spacial score (nSPS) is 14.6. The lowest BCUT2D eigenvalue weighted by atomic mass is 9.98. The van der Waals surface area contributed by atoms with Crippen LogP contribution in [0.5, 0.6) is 0 Å². The molecule has 1 atom stereocenters. The van der Waals surface area contributed by atoms with Gasteiger partial charge in [0.05, 0.1) is 10.9 Å². The lowest BCUT2D eigenvalue weighted by molar-refractivity contribution is -0.141. The standard InChI is InChI=1S/C27H21N3O4/c31-25(23(27(33)34)18-9-5-2-6-10-18)28-20-11-12-21-22(16-20)29-24-19(13-14-30(24)26(21)32)15-17-7-3-1-4-8-17/h1-12,15-16,23H,13-14H2,(H,28,31)(H,33,34)/b19-15+. The Morgan fingerprint density at radius 2 is 1.71 bits per heavy atom. The van der Waals surface area contributed by atoms with Gasteiger partial charge in [-0.3, -0.25) is 19.0 Å². The molecule has 1 amide bonds. The number of aromatic nitrogens is 2. The van der Waals surface area contributed by atoms with Crippen molar-refractivity contribution in [2.75, 3.05) is 5.32 Å². The first-order valence-corrected chi connectivity index (χ1v) is 10.9. The van der Waals surface area contributed by atoms with Gasteiger partial charge in [-0.2, -0.15) is 0 Å². The van der Waals surface area contributed by atoms with Crippen LogP contribution in [0.25, 0.3) is 22.6 Å². The highest BCUT2D eigenvalue weighted by molar-refractivity contribution is 6.09. The van der Waals surface area contributed by atoms with Gasteiger partial charge in [0, 0.05) is 12.2 Å². The maximum Gasteiger partial charge on any atom is 0.320 e. The number of hydrogen-bond acceptors (Lipinski definition) is 4. The molecular weight excluding hydrogens is 430 g/mol. The van der Waals surface area contributed by atoms with Crippen molar-refractivity contribution in [1.82, 2.24) is 9.55 Å². The Morgan fingerprint density at radius 1 is 1.00 bits per heavy atom. The molecular formula is C27H21N3O4. The molecule has 4 aromatic rings. The number of nitrogens with one attached hydrogen (secondary N) is 1. The van der Waals surface area contributed by atoms with Gasteiger partial charge in [0.25, 0.3) is 5.56 Å². The van der Waals surface area contributed by atoms with Crippen molar-refractivity contribution in [3.63, 3.8) is 0 Å². The Hall–Kier alpha value is -4.52. The van der Waals surface area contributed by atoms with Crippen LogP contribution in [0.4, 0.5) is 5.69 Å².